The number of rotatable bonds is 7. The Morgan fingerprint density at radius 3 is 2.50 bits per heavy atom. The van der Waals surface area contributed by atoms with Crippen LogP contribution in [-0.2, 0) is 6.54 Å². The predicted molar refractivity (Wildman–Crippen MR) is 123 cm³/mol. The number of aliphatic imine (C=N–C) groups is 1. The molecule has 0 aliphatic carbocycles. The molecular weight excluding hydrogens is 459 g/mol. The van der Waals surface area contributed by atoms with Gasteiger partial charge in [0, 0.05) is 50.7 Å². The Labute approximate surface area is 179 Å². The highest BCUT2D eigenvalue weighted by atomic mass is 127. The van der Waals surface area contributed by atoms with Gasteiger partial charge in [-0.15, -0.1) is 35.3 Å². The van der Waals surface area contributed by atoms with Crippen molar-refractivity contribution < 1.29 is 0 Å². The average molecular weight is 494 g/mol. The highest BCUT2D eigenvalue weighted by Gasteiger charge is 2.16. The number of aromatic nitrogens is 1. The minimum atomic E-state index is 0. The van der Waals surface area contributed by atoms with Crippen LogP contribution >= 0.6 is 35.3 Å². The summed E-state index contributed by atoms with van der Waals surface area (Å²) in [6.07, 6.45) is 0. The zero-order valence-electron chi connectivity index (χ0n) is 16.8. The van der Waals surface area contributed by atoms with E-state index in [0.717, 1.165) is 36.3 Å². The van der Waals surface area contributed by atoms with E-state index >= 15 is 0 Å². The van der Waals surface area contributed by atoms with Gasteiger partial charge in [0.2, 0.25) is 0 Å². The highest BCUT2D eigenvalue weighted by Crippen LogP contribution is 2.16. The zero-order valence-corrected chi connectivity index (χ0v) is 20.0. The predicted octanol–water partition coefficient (Wildman–Crippen LogP) is 2.32. The number of hydrogen-bond acceptors (Lipinski definition) is 5. The van der Waals surface area contributed by atoms with Gasteiger partial charge in [0.15, 0.2) is 5.96 Å². The second-order valence-corrected chi connectivity index (χ2v) is 8.32. The van der Waals surface area contributed by atoms with E-state index in [2.05, 4.69) is 65.2 Å². The van der Waals surface area contributed by atoms with Gasteiger partial charge in [-0.2, -0.15) is 0 Å². The van der Waals surface area contributed by atoms with Gasteiger partial charge in [-0.1, -0.05) is 6.92 Å². The summed E-state index contributed by atoms with van der Waals surface area (Å²) < 4.78 is 0. The van der Waals surface area contributed by atoms with Crippen molar-refractivity contribution in [2.45, 2.75) is 34.2 Å². The molecule has 0 bridgehead atoms. The first kappa shape index (κ1) is 23.6. The number of halogens is 1. The van der Waals surface area contributed by atoms with Crippen LogP contribution in [0.5, 0.6) is 0 Å². The molecule has 0 radical (unpaired) electrons. The maximum Gasteiger partial charge on any atom is 0.191 e. The van der Waals surface area contributed by atoms with Crippen molar-refractivity contribution in [3.05, 3.63) is 15.6 Å². The molecule has 0 aromatic carbocycles. The molecular formula is C18H35IN6S. The third-order valence-electron chi connectivity index (χ3n) is 4.57. The lowest BCUT2D eigenvalue weighted by Crippen LogP contribution is -2.47. The van der Waals surface area contributed by atoms with Crippen LogP contribution < -0.4 is 10.6 Å². The van der Waals surface area contributed by atoms with Gasteiger partial charge in [-0.25, -0.2) is 9.98 Å². The molecule has 0 spiro atoms. The molecule has 2 heterocycles. The Hall–Kier alpha value is -0.450. The van der Waals surface area contributed by atoms with Crippen molar-refractivity contribution in [1.82, 2.24) is 25.4 Å². The van der Waals surface area contributed by atoms with E-state index in [1.54, 1.807) is 11.3 Å². The van der Waals surface area contributed by atoms with E-state index in [1.165, 1.54) is 31.1 Å². The van der Waals surface area contributed by atoms with Crippen molar-refractivity contribution >= 4 is 41.3 Å². The number of likely N-dealkylation sites (N-methyl/N-ethyl adjacent to an activating group) is 1. The Morgan fingerprint density at radius 1 is 1.23 bits per heavy atom. The molecule has 6 nitrogen and oxygen atoms in total. The van der Waals surface area contributed by atoms with E-state index in [0.29, 0.717) is 12.5 Å². The van der Waals surface area contributed by atoms with E-state index in [9.17, 15) is 0 Å². The van der Waals surface area contributed by atoms with Crippen LogP contribution in [0.25, 0.3) is 0 Å². The minimum absolute atomic E-state index is 0. The molecule has 1 aliphatic rings. The van der Waals surface area contributed by atoms with Gasteiger partial charge in [0.25, 0.3) is 0 Å². The SMILES string of the molecule is CCNC(=NCc1nc(C)c(C)s1)NCC(C)CN1CCN(C)CC1.I. The van der Waals surface area contributed by atoms with Crippen LogP contribution in [0.15, 0.2) is 4.99 Å². The van der Waals surface area contributed by atoms with Crippen molar-refractivity contribution in [3.63, 3.8) is 0 Å². The van der Waals surface area contributed by atoms with Gasteiger partial charge in [0.05, 0.1) is 12.2 Å². The monoisotopic (exact) mass is 494 g/mol. The van der Waals surface area contributed by atoms with Gasteiger partial charge in [-0.05, 0) is 33.7 Å². The molecule has 0 amide bonds. The molecule has 1 aliphatic heterocycles. The van der Waals surface area contributed by atoms with Crippen molar-refractivity contribution in [2.75, 3.05) is 52.9 Å². The molecule has 1 aromatic heterocycles. The zero-order chi connectivity index (χ0) is 18.2. The molecule has 1 fully saturated rings. The van der Waals surface area contributed by atoms with Crippen molar-refractivity contribution in [1.29, 1.82) is 0 Å². The van der Waals surface area contributed by atoms with Gasteiger partial charge in [0.1, 0.15) is 5.01 Å². The third-order valence-corrected chi connectivity index (χ3v) is 5.63. The Morgan fingerprint density at radius 2 is 1.92 bits per heavy atom. The van der Waals surface area contributed by atoms with Crippen LogP contribution in [0.3, 0.4) is 0 Å². The quantitative estimate of drug-likeness (QED) is 0.346. The molecule has 26 heavy (non-hydrogen) atoms. The number of aryl methyl sites for hydroxylation is 2. The molecule has 2 N–H and O–H groups in total. The molecule has 150 valence electrons. The molecule has 1 atom stereocenters. The molecule has 0 saturated carbocycles. The fourth-order valence-electron chi connectivity index (χ4n) is 2.90. The lowest BCUT2D eigenvalue weighted by atomic mass is 10.1. The van der Waals surface area contributed by atoms with Crippen molar-refractivity contribution in [2.24, 2.45) is 10.9 Å². The summed E-state index contributed by atoms with van der Waals surface area (Å²) in [5.41, 5.74) is 1.12. The molecule has 1 saturated heterocycles. The van der Waals surface area contributed by atoms with E-state index in [4.69, 9.17) is 0 Å². The average Bonchev–Trinajstić information content (AvgIpc) is 2.90. The lowest BCUT2D eigenvalue weighted by Gasteiger charge is -2.34. The number of nitrogens with one attached hydrogen (secondary N) is 2. The summed E-state index contributed by atoms with van der Waals surface area (Å²) >= 11 is 1.74. The maximum atomic E-state index is 4.69. The molecule has 2 rings (SSSR count). The molecule has 1 unspecified atom stereocenters. The third kappa shape index (κ3) is 8.06. The fraction of sp³-hybridized carbons (Fsp3) is 0.778. The second kappa shape index (κ2) is 12.1. The summed E-state index contributed by atoms with van der Waals surface area (Å²) in [6.45, 7) is 16.9. The first-order valence-electron chi connectivity index (χ1n) is 9.34. The van der Waals surface area contributed by atoms with Crippen LogP contribution in [0.4, 0.5) is 0 Å². The summed E-state index contributed by atoms with van der Waals surface area (Å²) in [5.74, 6) is 1.48. The second-order valence-electron chi connectivity index (χ2n) is 7.03. The van der Waals surface area contributed by atoms with Gasteiger partial charge < -0.3 is 20.4 Å². The maximum absolute atomic E-state index is 4.69. The molecule has 8 heteroatoms. The number of hydrogen-bond donors (Lipinski definition) is 2. The topological polar surface area (TPSA) is 55.8 Å². The standard InChI is InChI=1S/C18H34N6S.HI/c1-6-19-18(21-12-17-22-15(3)16(4)25-17)20-11-14(2)13-24-9-7-23(5)8-10-24;/h14H,6-13H2,1-5H3,(H2,19,20,21);1H. The van der Waals surface area contributed by atoms with E-state index in [1.807, 2.05) is 0 Å². The summed E-state index contributed by atoms with van der Waals surface area (Å²) in [5, 5.41) is 7.90. The number of thiazole rings is 1. The van der Waals surface area contributed by atoms with Crippen LogP contribution in [0.1, 0.15) is 29.4 Å². The summed E-state index contributed by atoms with van der Waals surface area (Å²) in [4.78, 5) is 15.5. The van der Waals surface area contributed by atoms with Gasteiger partial charge >= 0.3 is 0 Å². The number of nitrogens with zero attached hydrogens (tertiary/aromatic N) is 4. The number of guanidine groups is 1. The number of piperazine rings is 1. The van der Waals surface area contributed by atoms with Crippen LogP contribution in [-0.4, -0.2) is 73.6 Å². The Kier molecular flexibility index (Phi) is 11.0. The normalized spacial score (nSPS) is 17.7. The summed E-state index contributed by atoms with van der Waals surface area (Å²) in [7, 11) is 2.20. The first-order chi connectivity index (χ1) is 12.0. The largest absolute Gasteiger partial charge is 0.357 e. The fourth-order valence-corrected chi connectivity index (χ4v) is 3.76. The van der Waals surface area contributed by atoms with Crippen molar-refractivity contribution in [3.8, 4) is 0 Å². The van der Waals surface area contributed by atoms with Crippen LogP contribution in [0.2, 0.25) is 0 Å². The van der Waals surface area contributed by atoms with E-state index < -0.39 is 0 Å². The highest BCUT2D eigenvalue weighted by molar-refractivity contribution is 14.0. The minimum Gasteiger partial charge on any atom is -0.357 e. The van der Waals surface area contributed by atoms with Crippen LogP contribution in [0, 0.1) is 19.8 Å². The lowest BCUT2D eigenvalue weighted by molar-refractivity contribution is 0.139. The Bertz CT molecular complexity index is 534. The van der Waals surface area contributed by atoms with E-state index in [-0.39, 0.29) is 24.0 Å². The first-order valence-corrected chi connectivity index (χ1v) is 10.2. The summed E-state index contributed by atoms with van der Waals surface area (Å²) in [6, 6.07) is 0. The van der Waals surface area contributed by atoms with Gasteiger partial charge in [-0.3, -0.25) is 0 Å². The Balaban J connectivity index is 0.00000338. The smallest absolute Gasteiger partial charge is 0.191 e. The molecule has 1 aromatic rings.